The lowest BCUT2D eigenvalue weighted by Gasteiger charge is -2.27. The summed E-state index contributed by atoms with van der Waals surface area (Å²) < 4.78 is 5.23. The highest BCUT2D eigenvalue weighted by atomic mass is 35.5. The maximum atomic E-state index is 11.6. The molecule has 0 bridgehead atoms. The van der Waals surface area contributed by atoms with Crippen LogP contribution in [0, 0.1) is 0 Å². The van der Waals surface area contributed by atoms with Crippen molar-refractivity contribution < 1.29 is 14.6 Å². The van der Waals surface area contributed by atoms with E-state index in [0.717, 1.165) is 12.8 Å². The summed E-state index contributed by atoms with van der Waals surface area (Å²) in [6.45, 7) is 6.25. The zero-order valence-electron chi connectivity index (χ0n) is 10.6. The lowest BCUT2D eigenvalue weighted by Crippen LogP contribution is -2.41. The molecule has 1 heterocycles. The van der Waals surface area contributed by atoms with Crippen molar-refractivity contribution in [3.8, 4) is 0 Å². The molecule has 1 aliphatic heterocycles. The molecule has 17 heavy (non-hydrogen) atoms. The van der Waals surface area contributed by atoms with Gasteiger partial charge in [-0.1, -0.05) is 0 Å². The van der Waals surface area contributed by atoms with E-state index in [1.54, 1.807) is 4.90 Å². The zero-order chi connectivity index (χ0) is 13.5. The number of hydrogen-bond donors (Lipinski definition) is 1. The van der Waals surface area contributed by atoms with E-state index in [0.29, 0.717) is 6.54 Å². The van der Waals surface area contributed by atoms with E-state index in [-0.39, 0.29) is 24.1 Å². The number of rotatable bonds is 1. The molecule has 1 N–H and O–H groups in total. The number of nitrogens with zero attached hydrogens (tertiary/aromatic N) is 1. The Labute approximate surface area is 113 Å². The predicted octanol–water partition coefficient (Wildman–Crippen LogP) is 2.80. The van der Waals surface area contributed by atoms with Crippen LogP contribution in [0.25, 0.3) is 0 Å². The first-order chi connectivity index (χ1) is 7.85. The Morgan fingerprint density at radius 1 is 1.47 bits per heavy atom. The number of carbonyl (C=O) groups excluding carboxylic acids is 1. The third kappa shape index (κ3) is 6.96. The Kier molecular flexibility index (Phi) is 7.92. The molecule has 1 saturated heterocycles. The summed E-state index contributed by atoms with van der Waals surface area (Å²) in [5.41, 5.74) is -0.459. The molecular formula is C11H21Cl2NO3. The zero-order valence-corrected chi connectivity index (χ0v) is 12.1. The molecule has 0 aromatic rings. The van der Waals surface area contributed by atoms with Crippen molar-refractivity contribution in [2.24, 2.45) is 0 Å². The fraction of sp³-hybridized carbons (Fsp3) is 0.909. The van der Waals surface area contributed by atoms with Crippen molar-refractivity contribution in [3.63, 3.8) is 0 Å². The summed E-state index contributed by atoms with van der Waals surface area (Å²) in [7, 11) is 0. The lowest BCUT2D eigenvalue weighted by molar-refractivity contribution is 0.0176. The molecule has 1 aliphatic rings. The van der Waals surface area contributed by atoms with Gasteiger partial charge in [-0.25, -0.2) is 4.79 Å². The van der Waals surface area contributed by atoms with E-state index in [4.69, 9.17) is 33.0 Å². The van der Waals surface area contributed by atoms with Crippen LogP contribution in [0.2, 0.25) is 0 Å². The van der Waals surface area contributed by atoms with Crippen LogP contribution in [0.4, 0.5) is 4.79 Å². The number of aliphatic hydroxyl groups excluding tert-OH is 1. The molecule has 102 valence electrons. The van der Waals surface area contributed by atoms with Crippen molar-refractivity contribution in [2.45, 2.75) is 45.3 Å². The Morgan fingerprint density at radius 2 is 2.00 bits per heavy atom. The minimum Gasteiger partial charge on any atom is -0.444 e. The largest absolute Gasteiger partial charge is 0.444 e. The fourth-order valence-electron chi connectivity index (χ4n) is 1.59. The highest BCUT2D eigenvalue weighted by Gasteiger charge is 2.31. The first kappa shape index (κ1) is 16.8. The van der Waals surface area contributed by atoms with Gasteiger partial charge in [-0.15, -0.1) is 23.2 Å². The summed E-state index contributed by atoms with van der Waals surface area (Å²) in [6.07, 6.45) is 1.51. The number of ether oxygens (including phenoxy) is 1. The van der Waals surface area contributed by atoms with E-state index in [2.05, 4.69) is 0 Å². The van der Waals surface area contributed by atoms with Crippen molar-refractivity contribution in [1.82, 2.24) is 4.90 Å². The molecule has 0 saturated carbocycles. The van der Waals surface area contributed by atoms with Crippen LogP contribution in [0.15, 0.2) is 0 Å². The van der Waals surface area contributed by atoms with E-state index in [1.165, 1.54) is 0 Å². The van der Waals surface area contributed by atoms with Gasteiger partial charge >= 0.3 is 6.09 Å². The quantitative estimate of drug-likeness (QED) is 0.754. The molecule has 0 aliphatic carbocycles. The van der Waals surface area contributed by atoms with Gasteiger partial charge in [-0.05, 0) is 33.6 Å². The number of likely N-dealkylation sites (tertiary alicyclic amines) is 1. The molecule has 0 aromatic heterocycles. The number of halogens is 2. The summed E-state index contributed by atoms with van der Waals surface area (Å²) in [6, 6.07) is -0.0511. The number of carbonyl (C=O) groups is 1. The van der Waals surface area contributed by atoms with Crippen LogP contribution in [-0.4, -0.2) is 46.2 Å². The van der Waals surface area contributed by atoms with Gasteiger partial charge in [0, 0.05) is 6.54 Å². The van der Waals surface area contributed by atoms with Gasteiger partial charge in [0.05, 0.1) is 18.0 Å². The molecule has 6 heteroatoms. The molecule has 0 aromatic carbocycles. The second-order valence-electron chi connectivity index (χ2n) is 4.75. The van der Waals surface area contributed by atoms with Gasteiger partial charge in [0.1, 0.15) is 5.60 Å². The van der Waals surface area contributed by atoms with Crippen LogP contribution in [0.1, 0.15) is 33.6 Å². The summed E-state index contributed by atoms with van der Waals surface area (Å²) in [5, 5.41) is 9.23. The topological polar surface area (TPSA) is 49.8 Å². The third-order valence-corrected chi connectivity index (χ3v) is 2.22. The predicted molar refractivity (Wildman–Crippen MR) is 69.6 cm³/mol. The average molecular weight is 286 g/mol. The molecule has 0 radical (unpaired) electrons. The first-order valence-electron chi connectivity index (χ1n) is 5.58. The van der Waals surface area contributed by atoms with Gasteiger partial charge in [0.15, 0.2) is 0 Å². The Balaban J connectivity index is 0.000000770. The minimum absolute atomic E-state index is 0.0270. The number of alkyl halides is 2. The summed E-state index contributed by atoms with van der Waals surface area (Å²) in [4.78, 5) is 13.2. The highest BCUT2D eigenvalue weighted by molar-refractivity contribution is 6.40. The molecule has 1 amide bonds. The van der Waals surface area contributed by atoms with Gasteiger partial charge in [-0.2, -0.15) is 0 Å². The second kappa shape index (κ2) is 8.01. The highest BCUT2D eigenvalue weighted by Crippen LogP contribution is 2.20. The maximum absolute atomic E-state index is 11.6. The molecule has 0 spiro atoms. The minimum atomic E-state index is -0.459. The van der Waals surface area contributed by atoms with Crippen molar-refractivity contribution >= 4 is 29.3 Å². The van der Waals surface area contributed by atoms with Crippen LogP contribution in [0.3, 0.4) is 0 Å². The van der Waals surface area contributed by atoms with Gasteiger partial charge in [-0.3, -0.25) is 0 Å². The lowest BCUT2D eigenvalue weighted by atomic mass is 10.2. The van der Waals surface area contributed by atoms with Crippen molar-refractivity contribution in [2.75, 3.05) is 18.5 Å². The first-order valence-corrected chi connectivity index (χ1v) is 6.65. The Bertz CT molecular complexity index is 231. The Morgan fingerprint density at radius 3 is 2.41 bits per heavy atom. The third-order valence-electron chi connectivity index (χ3n) is 2.22. The molecule has 0 unspecified atom stereocenters. The van der Waals surface area contributed by atoms with Crippen LogP contribution >= 0.6 is 23.2 Å². The fourth-order valence-corrected chi connectivity index (χ4v) is 1.59. The molecule has 1 rings (SSSR count). The number of hydrogen-bond acceptors (Lipinski definition) is 3. The average Bonchev–Trinajstić information content (AvgIpc) is 2.63. The Hall–Kier alpha value is -0.190. The SMILES string of the molecule is CC(C)(C)OC(=O)N1CCC[C@H]1CO.ClCCl. The normalized spacial score (nSPS) is 19.6. The number of amides is 1. The molecular weight excluding hydrogens is 265 g/mol. The van der Waals surface area contributed by atoms with Gasteiger partial charge in [0.2, 0.25) is 0 Å². The molecule has 1 fully saturated rings. The number of aliphatic hydroxyl groups is 1. The van der Waals surface area contributed by atoms with E-state index < -0.39 is 5.60 Å². The van der Waals surface area contributed by atoms with Gasteiger partial charge < -0.3 is 14.7 Å². The van der Waals surface area contributed by atoms with E-state index in [9.17, 15) is 4.79 Å². The van der Waals surface area contributed by atoms with Crippen LogP contribution in [0.5, 0.6) is 0 Å². The summed E-state index contributed by atoms with van der Waals surface area (Å²) in [5.74, 6) is 0. The second-order valence-corrected chi connectivity index (χ2v) is 5.56. The van der Waals surface area contributed by atoms with Crippen LogP contribution in [-0.2, 0) is 4.74 Å². The molecule has 4 nitrogen and oxygen atoms in total. The standard InChI is InChI=1S/C10H19NO3.CH2Cl2/c1-10(2,3)14-9(13)11-6-4-5-8(11)7-12;2-1-3/h8,12H,4-7H2,1-3H3;1H2/t8-;/m0./s1. The van der Waals surface area contributed by atoms with Crippen molar-refractivity contribution in [3.05, 3.63) is 0 Å². The smallest absolute Gasteiger partial charge is 0.410 e. The van der Waals surface area contributed by atoms with Crippen molar-refractivity contribution in [1.29, 1.82) is 0 Å². The maximum Gasteiger partial charge on any atom is 0.410 e. The monoisotopic (exact) mass is 285 g/mol. The summed E-state index contributed by atoms with van der Waals surface area (Å²) >= 11 is 9.53. The molecule has 1 atom stereocenters. The van der Waals surface area contributed by atoms with E-state index >= 15 is 0 Å². The van der Waals surface area contributed by atoms with Crippen LogP contribution < -0.4 is 0 Å². The van der Waals surface area contributed by atoms with E-state index in [1.807, 2.05) is 20.8 Å². The van der Waals surface area contributed by atoms with Gasteiger partial charge in [0.25, 0.3) is 0 Å².